The van der Waals surface area contributed by atoms with Crippen molar-refractivity contribution in [3.8, 4) is 0 Å². The highest BCUT2D eigenvalue weighted by atomic mass is 15.0. The van der Waals surface area contributed by atoms with Crippen molar-refractivity contribution >= 4 is 18.7 Å². The third kappa shape index (κ3) is 1.49. The summed E-state index contributed by atoms with van der Waals surface area (Å²) in [7, 11) is 5.86. The first kappa shape index (κ1) is 8.10. The number of hydrogen-bond donors (Lipinski definition) is 0. The topological polar surface area (TPSA) is 35.6 Å². The maximum atomic E-state index is 4.19. The van der Waals surface area contributed by atoms with Gasteiger partial charge >= 0.3 is 0 Å². The van der Waals surface area contributed by atoms with E-state index in [2.05, 4.69) is 9.97 Å². The molecule has 0 aromatic carbocycles. The Morgan fingerprint density at radius 3 is 1.77 bits per heavy atom. The molecule has 13 heavy (non-hydrogen) atoms. The molecule has 2 aromatic heterocycles. The van der Waals surface area contributed by atoms with Crippen LogP contribution in [0.3, 0.4) is 0 Å². The van der Waals surface area contributed by atoms with Crippen molar-refractivity contribution in [3.05, 3.63) is 24.8 Å². The standard InChI is InChI=1S/C8H10BN4/c1-12-5-3-10-7(12)9-8-11-4-6-13(8)2/h3-6H,1-2H3. The SMILES string of the molecule is Cn1ccnc1[B]c1nccn1C. The molecule has 2 rings (SSSR count). The highest BCUT2D eigenvalue weighted by molar-refractivity contribution is 6.64. The molecule has 0 N–H and O–H groups in total. The fourth-order valence-electron chi connectivity index (χ4n) is 1.15. The maximum Gasteiger partial charge on any atom is 0.289 e. The number of aromatic nitrogens is 4. The molecule has 2 heterocycles. The molecule has 0 aliphatic carbocycles. The van der Waals surface area contributed by atoms with Gasteiger partial charge in [0.15, 0.2) is 0 Å². The highest BCUT2D eigenvalue weighted by Crippen LogP contribution is 1.78. The van der Waals surface area contributed by atoms with Crippen molar-refractivity contribution in [1.82, 2.24) is 19.1 Å². The van der Waals surface area contributed by atoms with Crippen LogP contribution in [0.4, 0.5) is 0 Å². The molecule has 0 unspecified atom stereocenters. The van der Waals surface area contributed by atoms with Crippen LogP contribution < -0.4 is 11.4 Å². The summed E-state index contributed by atoms with van der Waals surface area (Å²) in [5, 5.41) is 0. The van der Waals surface area contributed by atoms with E-state index >= 15 is 0 Å². The summed E-state index contributed by atoms with van der Waals surface area (Å²) >= 11 is 0. The average molecular weight is 173 g/mol. The van der Waals surface area contributed by atoms with Gasteiger partial charge in [0.05, 0.1) is 11.4 Å². The zero-order chi connectivity index (χ0) is 9.26. The molecule has 0 aliphatic heterocycles. The number of imidazole rings is 2. The average Bonchev–Trinajstić information content (AvgIpc) is 2.65. The lowest BCUT2D eigenvalue weighted by Gasteiger charge is -2.00. The molecular weight excluding hydrogens is 163 g/mol. The molecule has 0 spiro atoms. The van der Waals surface area contributed by atoms with Crippen LogP contribution in [0, 0.1) is 0 Å². The van der Waals surface area contributed by atoms with Gasteiger partial charge in [-0.2, -0.15) is 0 Å². The largest absolute Gasteiger partial charge is 0.346 e. The molecule has 0 bridgehead atoms. The molecule has 1 radical (unpaired) electrons. The second kappa shape index (κ2) is 3.09. The van der Waals surface area contributed by atoms with Crippen LogP contribution in [-0.2, 0) is 14.1 Å². The Hall–Kier alpha value is -1.52. The Kier molecular flexibility index (Phi) is 1.92. The van der Waals surface area contributed by atoms with E-state index in [1.165, 1.54) is 0 Å². The van der Waals surface area contributed by atoms with E-state index < -0.39 is 0 Å². The fraction of sp³-hybridized carbons (Fsp3) is 0.250. The summed E-state index contributed by atoms with van der Waals surface area (Å²) < 4.78 is 3.91. The molecular formula is C8H10BN4. The summed E-state index contributed by atoms with van der Waals surface area (Å²) in [6, 6.07) is 0. The summed E-state index contributed by atoms with van der Waals surface area (Å²) in [4.78, 5) is 8.37. The lowest BCUT2D eigenvalue weighted by molar-refractivity contribution is 0.937. The molecule has 0 atom stereocenters. The third-order valence-corrected chi connectivity index (χ3v) is 1.98. The van der Waals surface area contributed by atoms with Crippen LogP contribution in [0.1, 0.15) is 0 Å². The van der Waals surface area contributed by atoms with Gasteiger partial charge in [-0.3, -0.25) is 9.97 Å². The summed E-state index contributed by atoms with van der Waals surface area (Å²) in [6.07, 6.45) is 7.37. The first-order chi connectivity index (χ1) is 6.27. The maximum absolute atomic E-state index is 4.19. The molecule has 0 fully saturated rings. The highest BCUT2D eigenvalue weighted by Gasteiger charge is 2.07. The molecule has 65 valence electrons. The summed E-state index contributed by atoms with van der Waals surface area (Å²) in [5.74, 6) is 0. The monoisotopic (exact) mass is 173 g/mol. The molecule has 0 amide bonds. The molecule has 2 aromatic rings. The number of rotatable bonds is 2. The minimum absolute atomic E-state index is 0.911. The first-order valence-electron chi connectivity index (χ1n) is 4.07. The Labute approximate surface area is 77.5 Å². The molecule has 4 nitrogen and oxygen atoms in total. The van der Waals surface area contributed by atoms with Crippen molar-refractivity contribution in [2.24, 2.45) is 14.1 Å². The van der Waals surface area contributed by atoms with Crippen LogP contribution in [-0.4, -0.2) is 26.4 Å². The van der Waals surface area contributed by atoms with Crippen molar-refractivity contribution in [1.29, 1.82) is 0 Å². The van der Waals surface area contributed by atoms with Crippen molar-refractivity contribution in [3.63, 3.8) is 0 Å². The van der Waals surface area contributed by atoms with E-state index in [9.17, 15) is 0 Å². The van der Waals surface area contributed by atoms with E-state index in [4.69, 9.17) is 0 Å². The van der Waals surface area contributed by atoms with Gasteiger partial charge in [-0.25, -0.2) is 0 Å². The predicted octanol–water partition coefficient (Wildman–Crippen LogP) is -1.19. The van der Waals surface area contributed by atoms with Crippen LogP contribution in [0.25, 0.3) is 0 Å². The van der Waals surface area contributed by atoms with Crippen LogP contribution in [0.5, 0.6) is 0 Å². The van der Waals surface area contributed by atoms with Gasteiger partial charge in [0.25, 0.3) is 7.28 Å². The van der Waals surface area contributed by atoms with Crippen molar-refractivity contribution in [2.75, 3.05) is 0 Å². The molecule has 0 saturated carbocycles. The van der Waals surface area contributed by atoms with Gasteiger partial charge in [0.2, 0.25) is 0 Å². The van der Waals surface area contributed by atoms with Gasteiger partial charge in [-0.1, -0.05) is 0 Å². The lowest BCUT2D eigenvalue weighted by atomic mass is 9.76. The van der Waals surface area contributed by atoms with Gasteiger partial charge in [0, 0.05) is 38.9 Å². The quantitative estimate of drug-likeness (QED) is 0.535. The zero-order valence-electron chi connectivity index (χ0n) is 7.68. The van der Waals surface area contributed by atoms with E-state index in [0.717, 1.165) is 11.4 Å². The van der Waals surface area contributed by atoms with Crippen molar-refractivity contribution in [2.45, 2.75) is 0 Å². The first-order valence-corrected chi connectivity index (χ1v) is 4.07. The fourth-order valence-corrected chi connectivity index (χ4v) is 1.15. The van der Waals surface area contributed by atoms with Gasteiger partial charge in [0.1, 0.15) is 0 Å². The van der Waals surface area contributed by atoms with Crippen molar-refractivity contribution < 1.29 is 0 Å². The Balaban J connectivity index is 2.24. The smallest absolute Gasteiger partial charge is 0.289 e. The third-order valence-electron chi connectivity index (χ3n) is 1.98. The second-order valence-electron chi connectivity index (χ2n) is 2.94. The minimum atomic E-state index is 0.911. The predicted molar refractivity (Wildman–Crippen MR) is 51.4 cm³/mol. The molecule has 0 saturated heterocycles. The Bertz CT molecular complexity index is 365. The van der Waals surface area contributed by atoms with Crippen LogP contribution in [0.15, 0.2) is 24.8 Å². The van der Waals surface area contributed by atoms with E-state index in [1.54, 1.807) is 12.4 Å². The summed E-state index contributed by atoms with van der Waals surface area (Å²) in [5.41, 5.74) is 1.82. The number of nitrogens with zero attached hydrogens (tertiary/aromatic N) is 4. The normalized spacial score (nSPS) is 10.3. The van der Waals surface area contributed by atoms with Gasteiger partial charge < -0.3 is 9.13 Å². The lowest BCUT2D eigenvalue weighted by Crippen LogP contribution is -2.38. The van der Waals surface area contributed by atoms with E-state index in [0.29, 0.717) is 0 Å². The summed E-state index contributed by atoms with van der Waals surface area (Å²) in [6.45, 7) is 0. The molecule has 5 heteroatoms. The van der Waals surface area contributed by atoms with E-state index in [1.807, 2.05) is 42.9 Å². The van der Waals surface area contributed by atoms with Crippen LogP contribution in [0.2, 0.25) is 0 Å². The Morgan fingerprint density at radius 2 is 1.46 bits per heavy atom. The number of hydrogen-bond acceptors (Lipinski definition) is 2. The van der Waals surface area contributed by atoms with Gasteiger partial charge in [-0.15, -0.1) is 0 Å². The molecule has 0 aliphatic rings. The van der Waals surface area contributed by atoms with Gasteiger partial charge in [-0.05, 0) is 0 Å². The zero-order valence-corrected chi connectivity index (χ0v) is 7.68. The Morgan fingerprint density at radius 1 is 1.00 bits per heavy atom. The number of aryl methyl sites for hydroxylation is 2. The minimum Gasteiger partial charge on any atom is -0.346 e. The second-order valence-corrected chi connectivity index (χ2v) is 2.94. The van der Waals surface area contributed by atoms with Crippen LogP contribution >= 0.6 is 0 Å². The van der Waals surface area contributed by atoms with E-state index in [-0.39, 0.29) is 0 Å².